The van der Waals surface area contributed by atoms with Crippen LogP contribution in [0.3, 0.4) is 0 Å². The number of rotatable bonds is 1. The molecule has 0 fully saturated rings. The maximum Gasteiger partial charge on any atom is 0.337 e. The molecule has 5 heteroatoms. The molecular weight excluding hydrogens is 175 g/mol. The predicted molar refractivity (Wildman–Crippen MR) is 42.5 cm³/mol. The van der Waals surface area contributed by atoms with Gasteiger partial charge in [0.25, 0.3) is 0 Å². The molecule has 0 aliphatic rings. The monoisotopic (exact) mass is 180 g/mol. The second kappa shape index (κ2) is 3.11. The van der Waals surface area contributed by atoms with E-state index in [2.05, 4.69) is 0 Å². The van der Waals surface area contributed by atoms with Crippen LogP contribution in [0.25, 0.3) is 0 Å². The van der Waals surface area contributed by atoms with Crippen molar-refractivity contribution < 1.29 is 14.3 Å². The van der Waals surface area contributed by atoms with E-state index < -0.39 is 17.5 Å². The zero-order valence-corrected chi connectivity index (χ0v) is 6.41. The number of nitriles is 1. The highest BCUT2D eigenvalue weighted by Gasteiger charge is 2.14. The molecule has 4 nitrogen and oxygen atoms in total. The van der Waals surface area contributed by atoms with Crippen molar-refractivity contribution >= 4 is 11.7 Å². The summed E-state index contributed by atoms with van der Waals surface area (Å²) in [5.74, 6) is -2.30. The minimum atomic E-state index is -1.32. The van der Waals surface area contributed by atoms with Gasteiger partial charge < -0.3 is 10.8 Å². The van der Waals surface area contributed by atoms with Crippen LogP contribution in [0.4, 0.5) is 10.1 Å². The molecule has 1 aromatic rings. The van der Waals surface area contributed by atoms with Gasteiger partial charge in [0.2, 0.25) is 0 Å². The minimum Gasteiger partial charge on any atom is -0.478 e. The smallest absolute Gasteiger partial charge is 0.337 e. The number of benzene rings is 1. The first kappa shape index (κ1) is 9.00. The Morgan fingerprint density at radius 3 is 2.69 bits per heavy atom. The van der Waals surface area contributed by atoms with Gasteiger partial charge in [0.05, 0.1) is 16.8 Å². The van der Waals surface area contributed by atoms with Crippen molar-refractivity contribution in [3.8, 4) is 6.07 Å². The number of halogens is 1. The maximum atomic E-state index is 13.0. The molecule has 0 aromatic heterocycles. The van der Waals surface area contributed by atoms with Crippen molar-refractivity contribution in [1.82, 2.24) is 0 Å². The molecule has 0 aliphatic carbocycles. The highest BCUT2D eigenvalue weighted by Crippen LogP contribution is 2.19. The third kappa shape index (κ3) is 1.42. The molecule has 0 aliphatic heterocycles. The number of nitrogens with zero attached hydrogens (tertiary/aromatic N) is 1. The summed E-state index contributed by atoms with van der Waals surface area (Å²) in [6.45, 7) is 0. The van der Waals surface area contributed by atoms with Gasteiger partial charge in [-0.2, -0.15) is 5.26 Å². The van der Waals surface area contributed by atoms with Crippen LogP contribution in [0.1, 0.15) is 15.9 Å². The lowest BCUT2D eigenvalue weighted by atomic mass is 10.1. The Kier molecular flexibility index (Phi) is 2.15. The minimum absolute atomic E-state index is 0.262. The SMILES string of the molecule is N#Cc1ccc(C(=O)O)c(N)c1F. The highest BCUT2D eigenvalue weighted by molar-refractivity contribution is 5.94. The molecule has 13 heavy (non-hydrogen) atoms. The second-order valence-electron chi connectivity index (χ2n) is 2.31. The summed E-state index contributed by atoms with van der Waals surface area (Å²) >= 11 is 0. The van der Waals surface area contributed by atoms with Gasteiger partial charge in [-0.3, -0.25) is 0 Å². The van der Waals surface area contributed by atoms with E-state index in [1.54, 1.807) is 6.07 Å². The molecule has 1 rings (SSSR count). The Balaban J connectivity index is 3.42. The van der Waals surface area contributed by atoms with Crippen LogP contribution in [0.2, 0.25) is 0 Å². The number of anilines is 1. The van der Waals surface area contributed by atoms with Crippen molar-refractivity contribution in [2.24, 2.45) is 0 Å². The summed E-state index contributed by atoms with van der Waals surface area (Å²) in [7, 11) is 0. The van der Waals surface area contributed by atoms with Gasteiger partial charge in [0.15, 0.2) is 5.82 Å². The van der Waals surface area contributed by atoms with Crippen molar-refractivity contribution in [3.05, 3.63) is 29.1 Å². The number of carbonyl (C=O) groups is 1. The normalized spacial score (nSPS) is 9.23. The number of aromatic carboxylic acids is 1. The lowest BCUT2D eigenvalue weighted by Crippen LogP contribution is -2.05. The van der Waals surface area contributed by atoms with Crippen molar-refractivity contribution in [2.45, 2.75) is 0 Å². The van der Waals surface area contributed by atoms with E-state index >= 15 is 0 Å². The predicted octanol–water partition coefficient (Wildman–Crippen LogP) is 0.978. The Labute approximate surface area is 73.0 Å². The molecule has 0 saturated carbocycles. The van der Waals surface area contributed by atoms with E-state index in [9.17, 15) is 9.18 Å². The summed E-state index contributed by atoms with van der Waals surface area (Å²) in [6.07, 6.45) is 0. The van der Waals surface area contributed by atoms with Gasteiger partial charge in [-0.1, -0.05) is 0 Å². The Bertz CT molecular complexity index is 409. The molecule has 0 bridgehead atoms. The third-order valence-electron chi connectivity index (χ3n) is 1.53. The van der Waals surface area contributed by atoms with Crippen LogP contribution in [-0.2, 0) is 0 Å². The average Bonchev–Trinajstić information content (AvgIpc) is 2.09. The lowest BCUT2D eigenvalue weighted by Gasteiger charge is -2.02. The fraction of sp³-hybridized carbons (Fsp3) is 0. The van der Waals surface area contributed by atoms with Crippen LogP contribution < -0.4 is 5.73 Å². The molecule has 0 unspecified atom stereocenters. The van der Waals surface area contributed by atoms with Gasteiger partial charge in [-0.15, -0.1) is 0 Å². The number of nitrogens with two attached hydrogens (primary N) is 1. The fourth-order valence-corrected chi connectivity index (χ4v) is 0.866. The van der Waals surface area contributed by atoms with Crippen LogP contribution >= 0.6 is 0 Å². The van der Waals surface area contributed by atoms with E-state index in [-0.39, 0.29) is 11.1 Å². The first-order chi connectivity index (χ1) is 6.07. The number of hydrogen-bond acceptors (Lipinski definition) is 3. The highest BCUT2D eigenvalue weighted by atomic mass is 19.1. The van der Waals surface area contributed by atoms with Crippen LogP contribution in [-0.4, -0.2) is 11.1 Å². The quantitative estimate of drug-likeness (QED) is 0.630. The summed E-state index contributed by atoms with van der Waals surface area (Å²) < 4.78 is 13.0. The molecule has 0 radical (unpaired) electrons. The molecule has 0 amide bonds. The van der Waals surface area contributed by atoms with Gasteiger partial charge in [-0.25, -0.2) is 9.18 Å². The number of nitrogen functional groups attached to an aromatic ring is 1. The molecule has 3 N–H and O–H groups in total. The van der Waals surface area contributed by atoms with Crippen LogP contribution in [0.5, 0.6) is 0 Å². The molecule has 0 saturated heterocycles. The van der Waals surface area contributed by atoms with E-state index in [0.717, 1.165) is 12.1 Å². The molecule has 66 valence electrons. The molecule has 0 atom stereocenters. The Morgan fingerprint density at radius 2 is 2.23 bits per heavy atom. The van der Waals surface area contributed by atoms with Crippen molar-refractivity contribution in [3.63, 3.8) is 0 Å². The van der Waals surface area contributed by atoms with Gasteiger partial charge in [-0.05, 0) is 12.1 Å². The average molecular weight is 180 g/mol. The number of carboxylic acids is 1. The van der Waals surface area contributed by atoms with E-state index in [1.807, 2.05) is 0 Å². The van der Waals surface area contributed by atoms with Gasteiger partial charge in [0.1, 0.15) is 6.07 Å². The number of carboxylic acid groups (broad SMARTS) is 1. The summed E-state index contributed by atoms with van der Waals surface area (Å²) in [5, 5.41) is 16.9. The van der Waals surface area contributed by atoms with Crippen molar-refractivity contribution in [2.75, 3.05) is 5.73 Å². The van der Waals surface area contributed by atoms with Gasteiger partial charge in [0, 0.05) is 0 Å². The molecule has 0 spiro atoms. The zero-order valence-electron chi connectivity index (χ0n) is 6.41. The molecular formula is C8H5FN2O2. The molecule has 1 aromatic carbocycles. The first-order valence-electron chi connectivity index (χ1n) is 3.29. The maximum absolute atomic E-state index is 13.0. The first-order valence-corrected chi connectivity index (χ1v) is 3.29. The summed E-state index contributed by atoms with van der Waals surface area (Å²) in [4.78, 5) is 10.4. The Hall–Kier alpha value is -2.09. The fourth-order valence-electron chi connectivity index (χ4n) is 0.866. The third-order valence-corrected chi connectivity index (χ3v) is 1.53. The van der Waals surface area contributed by atoms with Crippen LogP contribution in [0.15, 0.2) is 12.1 Å². The largest absolute Gasteiger partial charge is 0.478 e. The zero-order chi connectivity index (χ0) is 10.0. The van der Waals surface area contributed by atoms with E-state index in [1.165, 1.54) is 0 Å². The Morgan fingerprint density at radius 1 is 1.62 bits per heavy atom. The second-order valence-corrected chi connectivity index (χ2v) is 2.31. The van der Waals surface area contributed by atoms with E-state index in [4.69, 9.17) is 16.1 Å². The standard InChI is InChI=1S/C8H5FN2O2/c9-6-4(3-10)1-2-5(7(6)11)8(12)13/h1-2H,11H2,(H,12,13). The number of hydrogen-bond donors (Lipinski definition) is 2. The summed E-state index contributed by atoms with van der Waals surface area (Å²) in [5.41, 5.74) is 4.05. The van der Waals surface area contributed by atoms with Crippen LogP contribution in [0, 0.1) is 17.1 Å². The van der Waals surface area contributed by atoms with Crippen molar-refractivity contribution in [1.29, 1.82) is 5.26 Å². The van der Waals surface area contributed by atoms with Gasteiger partial charge >= 0.3 is 5.97 Å². The topological polar surface area (TPSA) is 87.1 Å². The summed E-state index contributed by atoms with van der Waals surface area (Å²) in [6, 6.07) is 3.73. The molecule has 0 heterocycles. The van der Waals surface area contributed by atoms with E-state index in [0.29, 0.717) is 0 Å². The lowest BCUT2D eigenvalue weighted by molar-refractivity contribution is 0.0697.